The molecule has 1 aliphatic carbocycles. The fraction of sp³-hybridized carbons (Fsp3) is 0.609. The monoisotopic (exact) mass is 554 g/mol. The molecule has 2 saturated heterocycles. The zero-order valence-electron chi connectivity index (χ0n) is 20.4. The molecule has 0 bridgehead atoms. The highest BCUT2D eigenvalue weighted by atomic mass is 32.2. The maximum atomic E-state index is 13.4. The lowest BCUT2D eigenvalue weighted by atomic mass is 9.74. The predicted molar refractivity (Wildman–Crippen MR) is 132 cm³/mol. The molecular formula is C23H28F2N6O4S2. The minimum Gasteiger partial charge on any atom is -0.390 e. The van der Waals surface area contributed by atoms with Crippen molar-refractivity contribution in [1.82, 2.24) is 24.3 Å². The topological polar surface area (TPSA) is 122 Å². The van der Waals surface area contributed by atoms with Crippen molar-refractivity contribution < 1.29 is 27.0 Å². The number of anilines is 1. The quantitative estimate of drug-likeness (QED) is 0.477. The minimum atomic E-state index is -3.87. The first-order chi connectivity index (χ1) is 17.5. The fourth-order valence-electron chi connectivity index (χ4n) is 5.30. The molecule has 200 valence electrons. The number of aliphatic hydroxyl groups is 1. The number of aliphatic hydroxyl groups excluding tert-OH is 1. The fourth-order valence-corrected chi connectivity index (χ4v) is 7.48. The Kier molecular flexibility index (Phi) is 5.84. The summed E-state index contributed by atoms with van der Waals surface area (Å²) in [6, 6.07) is 1.64. The van der Waals surface area contributed by atoms with E-state index in [1.807, 2.05) is 13.8 Å². The summed E-state index contributed by atoms with van der Waals surface area (Å²) in [7, 11) is -3.87. The number of imidazole rings is 1. The first-order valence-corrected chi connectivity index (χ1v) is 14.5. The van der Waals surface area contributed by atoms with E-state index < -0.39 is 33.1 Å². The average Bonchev–Trinajstić information content (AvgIpc) is 3.22. The van der Waals surface area contributed by atoms with Gasteiger partial charge in [0, 0.05) is 30.2 Å². The van der Waals surface area contributed by atoms with E-state index >= 15 is 0 Å². The van der Waals surface area contributed by atoms with Gasteiger partial charge in [-0.15, -0.1) is 10.2 Å². The number of halogens is 2. The number of hydrogen-bond acceptors (Lipinski definition) is 9. The van der Waals surface area contributed by atoms with Crippen molar-refractivity contribution in [3.8, 4) is 10.8 Å². The van der Waals surface area contributed by atoms with Crippen molar-refractivity contribution in [2.45, 2.75) is 68.6 Å². The Hall–Kier alpha value is -2.26. The van der Waals surface area contributed by atoms with E-state index in [0.29, 0.717) is 43.7 Å². The molecule has 14 heteroatoms. The molecule has 0 amide bonds. The first kappa shape index (κ1) is 25.0. The first-order valence-electron chi connectivity index (χ1n) is 12.2. The second kappa shape index (κ2) is 8.63. The van der Waals surface area contributed by atoms with Crippen LogP contribution in [-0.2, 0) is 14.8 Å². The summed E-state index contributed by atoms with van der Waals surface area (Å²) in [5.74, 6) is 0.247. The highest BCUT2D eigenvalue weighted by Crippen LogP contribution is 2.44. The number of ether oxygens (including phenoxy) is 1. The highest BCUT2D eigenvalue weighted by molar-refractivity contribution is 7.89. The van der Waals surface area contributed by atoms with E-state index in [9.17, 15) is 22.3 Å². The van der Waals surface area contributed by atoms with Crippen LogP contribution in [0.4, 0.5) is 14.5 Å². The number of sulfonamides is 1. The number of pyridine rings is 1. The van der Waals surface area contributed by atoms with Gasteiger partial charge >= 0.3 is 0 Å². The molecule has 2 N–H and O–H groups in total. The lowest BCUT2D eigenvalue weighted by molar-refractivity contribution is 0.0250. The number of nitrogens with one attached hydrogen (secondary N) is 1. The summed E-state index contributed by atoms with van der Waals surface area (Å²) >= 11 is 0.725. The molecule has 0 radical (unpaired) electrons. The molecule has 3 aromatic rings. The van der Waals surface area contributed by atoms with Crippen LogP contribution in [0.25, 0.3) is 16.3 Å². The Morgan fingerprint density at radius 1 is 1.24 bits per heavy atom. The van der Waals surface area contributed by atoms with Gasteiger partial charge in [-0.2, -0.15) is 0 Å². The summed E-state index contributed by atoms with van der Waals surface area (Å²) in [5.41, 5.74) is 0.511. The summed E-state index contributed by atoms with van der Waals surface area (Å²) in [4.78, 5) is 6.56. The van der Waals surface area contributed by atoms with E-state index in [1.54, 1.807) is 16.7 Å². The zero-order chi connectivity index (χ0) is 26.2. The van der Waals surface area contributed by atoms with E-state index in [2.05, 4.69) is 24.8 Å². The van der Waals surface area contributed by atoms with Crippen LogP contribution in [0.15, 0.2) is 23.4 Å². The average molecular weight is 555 g/mol. The van der Waals surface area contributed by atoms with Crippen molar-refractivity contribution in [2.75, 3.05) is 24.6 Å². The van der Waals surface area contributed by atoms with Crippen LogP contribution in [0.5, 0.6) is 0 Å². The molecule has 3 fully saturated rings. The Bertz CT molecular complexity index is 1450. The lowest BCUT2D eigenvalue weighted by Crippen LogP contribution is -2.47. The molecule has 1 saturated carbocycles. The molecular weight excluding hydrogens is 526 g/mol. The van der Waals surface area contributed by atoms with E-state index in [0.717, 1.165) is 24.2 Å². The summed E-state index contributed by atoms with van der Waals surface area (Å²) in [5, 5.41) is 17.9. The molecule has 6 rings (SSSR count). The molecule has 10 nitrogen and oxygen atoms in total. The van der Waals surface area contributed by atoms with Gasteiger partial charge in [-0.1, -0.05) is 11.3 Å². The van der Waals surface area contributed by atoms with Gasteiger partial charge < -0.3 is 14.7 Å². The standard InChI is InChI=1S/C23H28F2N6O4S2/c1-13-17(32)23(12-35-13)5-7-30(8-6-23)15-9-14(37(33,34)29-22(2)3-4-22)11-31-16(15)10-26-19(31)21-28-27-20(36-21)18(24)25/h9-11,13,17-18,29,32H,3-8,12H2,1-2H3/t13-,17-/m1/s1. The van der Waals surface area contributed by atoms with Crippen molar-refractivity contribution in [1.29, 1.82) is 0 Å². The van der Waals surface area contributed by atoms with E-state index in [-0.39, 0.29) is 27.2 Å². The molecule has 2 aliphatic heterocycles. The van der Waals surface area contributed by atoms with Crippen LogP contribution in [0, 0.1) is 5.41 Å². The molecule has 5 heterocycles. The van der Waals surface area contributed by atoms with Crippen molar-refractivity contribution in [2.24, 2.45) is 5.41 Å². The van der Waals surface area contributed by atoms with E-state index in [1.165, 1.54) is 6.20 Å². The Balaban J connectivity index is 1.42. The third-order valence-electron chi connectivity index (χ3n) is 7.91. The normalized spacial score (nSPS) is 25.0. The second-order valence-electron chi connectivity index (χ2n) is 10.6. The maximum absolute atomic E-state index is 13.4. The van der Waals surface area contributed by atoms with Crippen LogP contribution in [0.2, 0.25) is 0 Å². The number of nitrogens with zero attached hydrogens (tertiary/aromatic N) is 5. The van der Waals surface area contributed by atoms with Crippen LogP contribution in [0.1, 0.15) is 51.0 Å². The number of alkyl halides is 2. The second-order valence-corrected chi connectivity index (χ2v) is 13.3. The summed E-state index contributed by atoms with van der Waals surface area (Å²) < 4.78 is 63.2. The highest BCUT2D eigenvalue weighted by Gasteiger charge is 2.49. The Morgan fingerprint density at radius 3 is 2.57 bits per heavy atom. The van der Waals surface area contributed by atoms with Gasteiger partial charge in [0.05, 0.1) is 36.2 Å². The smallest absolute Gasteiger partial charge is 0.291 e. The van der Waals surface area contributed by atoms with Crippen LogP contribution in [-0.4, -0.2) is 70.5 Å². The summed E-state index contributed by atoms with van der Waals surface area (Å²) in [6.45, 7) is 5.41. The van der Waals surface area contributed by atoms with Crippen molar-refractivity contribution >= 4 is 32.6 Å². The van der Waals surface area contributed by atoms with Gasteiger partial charge in [-0.3, -0.25) is 4.40 Å². The molecule has 0 unspecified atom stereocenters. The van der Waals surface area contributed by atoms with Gasteiger partial charge in [-0.05, 0) is 45.6 Å². The van der Waals surface area contributed by atoms with Gasteiger partial charge in [0.2, 0.25) is 10.0 Å². The molecule has 3 aromatic heterocycles. The number of aromatic nitrogens is 4. The zero-order valence-corrected chi connectivity index (χ0v) is 22.0. The summed E-state index contributed by atoms with van der Waals surface area (Å²) in [6.07, 6.45) is 2.43. The van der Waals surface area contributed by atoms with Gasteiger partial charge in [0.15, 0.2) is 15.8 Å². The van der Waals surface area contributed by atoms with Crippen molar-refractivity contribution in [3.05, 3.63) is 23.5 Å². The predicted octanol–water partition coefficient (Wildman–Crippen LogP) is 2.99. The number of hydrogen-bond donors (Lipinski definition) is 2. The largest absolute Gasteiger partial charge is 0.390 e. The molecule has 3 aliphatic rings. The number of rotatable bonds is 6. The Morgan fingerprint density at radius 2 is 1.97 bits per heavy atom. The molecule has 37 heavy (non-hydrogen) atoms. The van der Waals surface area contributed by atoms with Gasteiger partial charge in [0.25, 0.3) is 6.43 Å². The van der Waals surface area contributed by atoms with Crippen LogP contribution >= 0.6 is 11.3 Å². The van der Waals surface area contributed by atoms with Crippen molar-refractivity contribution in [3.63, 3.8) is 0 Å². The van der Waals surface area contributed by atoms with Gasteiger partial charge in [0.1, 0.15) is 4.90 Å². The third kappa shape index (κ3) is 4.32. The minimum absolute atomic E-state index is 0.0547. The van der Waals surface area contributed by atoms with Crippen LogP contribution in [0.3, 0.4) is 0 Å². The van der Waals surface area contributed by atoms with E-state index in [4.69, 9.17) is 4.74 Å². The maximum Gasteiger partial charge on any atom is 0.291 e. The third-order valence-corrected chi connectivity index (χ3v) is 10.4. The molecule has 1 spiro atoms. The number of fused-ring (bicyclic) bond motifs is 1. The van der Waals surface area contributed by atoms with Gasteiger partial charge in [-0.25, -0.2) is 26.9 Å². The number of piperidine rings is 1. The Labute approximate surface area is 216 Å². The lowest BCUT2D eigenvalue weighted by Gasteiger charge is -2.41. The van der Waals surface area contributed by atoms with Crippen LogP contribution < -0.4 is 9.62 Å². The molecule has 0 aromatic carbocycles. The SMILES string of the molecule is C[C@H]1OCC2(CCN(c3cc(S(=O)(=O)NC4(C)CC4)cn4c(-c5nnc(C(F)F)s5)ncc34)CC2)[C@@H]1O. The molecule has 2 atom stereocenters.